The molecule has 1 rings (SSSR count). The molecule has 6 nitrogen and oxygen atoms in total. The van der Waals surface area contributed by atoms with Crippen LogP contribution in [0.5, 0.6) is 0 Å². The van der Waals surface area contributed by atoms with Crippen LogP contribution >= 0.6 is 0 Å². The third-order valence-electron chi connectivity index (χ3n) is 4.33. The van der Waals surface area contributed by atoms with Crippen LogP contribution in [-0.2, 0) is 19.4 Å². The first-order valence-corrected chi connectivity index (χ1v) is 10.2. The van der Waals surface area contributed by atoms with E-state index < -0.39 is 9.84 Å². The second-order valence-electron chi connectivity index (χ2n) is 6.68. The topological polar surface area (TPSA) is 74.8 Å². The zero-order valence-corrected chi connectivity index (χ0v) is 15.6. The summed E-state index contributed by atoms with van der Waals surface area (Å²) in [6.07, 6.45) is 1.68. The number of amides is 2. The second-order valence-corrected chi connectivity index (χ2v) is 8.90. The molecule has 2 amide bonds. The molecule has 1 unspecified atom stereocenters. The van der Waals surface area contributed by atoms with Gasteiger partial charge in [-0.15, -0.1) is 0 Å². The van der Waals surface area contributed by atoms with Crippen molar-refractivity contribution in [2.75, 3.05) is 31.1 Å². The Labute approximate surface area is 140 Å². The van der Waals surface area contributed by atoms with Crippen molar-refractivity contribution in [3.05, 3.63) is 0 Å². The quantitative estimate of drug-likeness (QED) is 0.664. The summed E-state index contributed by atoms with van der Waals surface area (Å²) < 4.78 is 23.2. The summed E-state index contributed by atoms with van der Waals surface area (Å²) in [6.45, 7) is 9.15. The minimum absolute atomic E-state index is 0.0232. The van der Waals surface area contributed by atoms with Crippen LogP contribution in [0.1, 0.15) is 47.0 Å². The average Bonchev–Trinajstić information content (AvgIpc) is 2.78. The van der Waals surface area contributed by atoms with Crippen LogP contribution in [0, 0.1) is 5.92 Å². The molecule has 0 saturated carbocycles. The van der Waals surface area contributed by atoms with Crippen LogP contribution in [0.15, 0.2) is 0 Å². The minimum atomic E-state index is -3.01. The van der Waals surface area contributed by atoms with E-state index in [1.165, 1.54) is 6.92 Å². The number of carbonyl (C=O) groups excluding carboxylic acids is 2. The summed E-state index contributed by atoms with van der Waals surface area (Å²) in [5, 5.41) is 0. The van der Waals surface area contributed by atoms with Crippen molar-refractivity contribution >= 4 is 21.7 Å². The number of carbonyl (C=O) groups is 2. The highest BCUT2D eigenvalue weighted by molar-refractivity contribution is 7.91. The molecule has 0 bridgehead atoms. The lowest BCUT2D eigenvalue weighted by Crippen LogP contribution is -2.43. The number of hydrogen-bond donors (Lipinski definition) is 0. The number of sulfone groups is 1. The monoisotopic (exact) mass is 346 g/mol. The molecule has 0 aromatic heterocycles. The number of hydrogen-bond acceptors (Lipinski definition) is 4. The predicted molar refractivity (Wildman–Crippen MR) is 90.8 cm³/mol. The summed E-state index contributed by atoms with van der Waals surface area (Å²) in [4.78, 5) is 27.5. The van der Waals surface area contributed by atoms with E-state index in [1.807, 2.05) is 6.92 Å². The van der Waals surface area contributed by atoms with Crippen LogP contribution in [0.3, 0.4) is 0 Å². The fourth-order valence-corrected chi connectivity index (χ4v) is 4.61. The van der Waals surface area contributed by atoms with Gasteiger partial charge in [0.2, 0.25) is 11.8 Å². The Balaban J connectivity index is 2.56. The van der Waals surface area contributed by atoms with E-state index >= 15 is 0 Å². The Morgan fingerprint density at radius 2 is 1.87 bits per heavy atom. The van der Waals surface area contributed by atoms with E-state index in [9.17, 15) is 18.0 Å². The zero-order chi connectivity index (χ0) is 17.6. The molecule has 0 aromatic rings. The number of rotatable bonds is 8. The van der Waals surface area contributed by atoms with Crippen molar-refractivity contribution in [1.29, 1.82) is 0 Å². The fourth-order valence-electron chi connectivity index (χ4n) is 2.87. The summed E-state index contributed by atoms with van der Waals surface area (Å²) in [7, 11) is -3.01. The Hall–Kier alpha value is -1.11. The Morgan fingerprint density at radius 1 is 1.22 bits per heavy atom. The molecule has 134 valence electrons. The van der Waals surface area contributed by atoms with Gasteiger partial charge >= 0.3 is 0 Å². The van der Waals surface area contributed by atoms with Crippen molar-refractivity contribution < 1.29 is 18.0 Å². The van der Waals surface area contributed by atoms with Gasteiger partial charge < -0.3 is 9.80 Å². The lowest BCUT2D eigenvalue weighted by molar-refractivity contribution is -0.134. The Kier molecular flexibility index (Phi) is 7.51. The van der Waals surface area contributed by atoms with Crippen LogP contribution in [0.25, 0.3) is 0 Å². The van der Waals surface area contributed by atoms with E-state index in [4.69, 9.17) is 0 Å². The first-order valence-electron chi connectivity index (χ1n) is 8.41. The molecule has 0 radical (unpaired) electrons. The predicted octanol–water partition coefficient (Wildman–Crippen LogP) is 1.31. The largest absolute Gasteiger partial charge is 0.342 e. The molecule has 1 saturated heterocycles. The normalized spacial score (nSPS) is 19.8. The molecule has 0 aromatic carbocycles. The molecule has 23 heavy (non-hydrogen) atoms. The van der Waals surface area contributed by atoms with E-state index in [-0.39, 0.29) is 35.8 Å². The highest BCUT2D eigenvalue weighted by Gasteiger charge is 2.33. The molecule has 0 spiro atoms. The zero-order valence-electron chi connectivity index (χ0n) is 14.7. The second kappa shape index (κ2) is 8.66. The van der Waals surface area contributed by atoms with Crippen LogP contribution in [-0.4, -0.2) is 67.2 Å². The smallest absolute Gasteiger partial charge is 0.224 e. The summed E-state index contributed by atoms with van der Waals surface area (Å²) in [6, 6.07) is -0.209. The van der Waals surface area contributed by atoms with Gasteiger partial charge in [-0.05, 0) is 25.7 Å². The van der Waals surface area contributed by atoms with Crippen molar-refractivity contribution in [3.63, 3.8) is 0 Å². The maximum atomic E-state index is 12.4. The molecule has 1 fully saturated rings. The van der Waals surface area contributed by atoms with Gasteiger partial charge in [-0.3, -0.25) is 9.59 Å². The fraction of sp³-hybridized carbons (Fsp3) is 0.875. The summed E-state index contributed by atoms with van der Waals surface area (Å²) in [5.74, 6) is 0.643. The molecule has 1 heterocycles. The first kappa shape index (κ1) is 19.9. The van der Waals surface area contributed by atoms with Crippen molar-refractivity contribution in [1.82, 2.24) is 9.80 Å². The van der Waals surface area contributed by atoms with Crippen LogP contribution in [0.2, 0.25) is 0 Å². The molecular formula is C16H30N2O4S. The highest BCUT2D eigenvalue weighted by atomic mass is 32.2. The lowest BCUT2D eigenvalue weighted by atomic mass is 10.1. The van der Waals surface area contributed by atoms with Gasteiger partial charge in [0.15, 0.2) is 9.84 Å². The summed E-state index contributed by atoms with van der Waals surface area (Å²) >= 11 is 0. The maximum absolute atomic E-state index is 12.4. The van der Waals surface area contributed by atoms with Crippen molar-refractivity contribution in [3.8, 4) is 0 Å². The molecule has 1 aliphatic heterocycles. The average molecular weight is 346 g/mol. The number of nitrogens with zero attached hydrogens (tertiary/aromatic N) is 2. The molecule has 1 atom stereocenters. The molecule has 1 aliphatic rings. The third kappa shape index (κ3) is 6.49. The van der Waals surface area contributed by atoms with Gasteiger partial charge in [-0.2, -0.15) is 0 Å². The summed E-state index contributed by atoms with van der Waals surface area (Å²) in [5.41, 5.74) is 0. The van der Waals surface area contributed by atoms with Gasteiger partial charge in [0, 0.05) is 39.0 Å². The van der Waals surface area contributed by atoms with E-state index in [0.29, 0.717) is 32.0 Å². The van der Waals surface area contributed by atoms with Crippen molar-refractivity contribution in [2.45, 2.75) is 53.0 Å². The maximum Gasteiger partial charge on any atom is 0.224 e. The van der Waals surface area contributed by atoms with Gasteiger partial charge in [-0.1, -0.05) is 13.8 Å². The molecule has 0 N–H and O–H groups in total. The Bertz CT molecular complexity index is 516. The molecular weight excluding hydrogens is 316 g/mol. The first-order chi connectivity index (χ1) is 10.7. The van der Waals surface area contributed by atoms with E-state index in [2.05, 4.69) is 13.8 Å². The Morgan fingerprint density at radius 3 is 2.30 bits per heavy atom. The minimum Gasteiger partial charge on any atom is -0.342 e. The van der Waals surface area contributed by atoms with Gasteiger partial charge in [0.05, 0.1) is 11.5 Å². The molecule has 7 heteroatoms. The van der Waals surface area contributed by atoms with Gasteiger partial charge in [0.25, 0.3) is 0 Å². The van der Waals surface area contributed by atoms with E-state index in [1.54, 1.807) is 9.80 Å². The van der Waals surface area contributed by atoms with Gasteiger partial charge in [0.1, 0.15) is 0 Å². The van der Waals surface area contributed by atoms with Crippen molar-refractivity contribution in [2.24, 2.45) is 5.92 Å². The lowest BCUT2D eigenvalue weighted by Gasteiger charge is -2.28. The standard InChI is InChI=1S/C16H30N2O4S/c1-5-18(15-8-11-23(21,22)12-15)16(20)7-10-17(14(4)19)9-6-13(2)3/h13,15H,5-12H2,1-4H3. The van der Waals surface area contributed by atoms with Crippen LogP contribution < -0.4 is 0 Å². The highest BCUT2D eigenvalue weighted by Crippen LogP contribution is 2.18. The van der Waals surface area contributed by atoms with Gasteiger partial charge in [-0.25, -0.2) is 8.42 Å². The van der Waals surface area contributed by atoms with Crippen LogP contribution in [0.4, 0.5) is 0 Å². The van der Waals surface area contributed by atoms with E-state index in [0.717, 1.165) is 6.42 Å². The third-order valence-corrected chi connectivity index (χ3v) is 6.08. The molecule has 0 aliphatic carbocycles. The SMILES string of the molecule is CCN(C(=O)CCN(CCC(C)C)C(C)=O)C1CCS(=O)(=O)C1.